The van der Waals surface area contributed by atoms with Crippen LogP contribution in [0.5, 0.6) is 11.5 Å². The Bertz CT molecular complexity index is 994. The molecule has 34 heavy (non-hydrogen) atoms. The molecule has 184 valence electrons. The molecule has 6 heteroatoms. The molecule has 1 saturated heterocycles. The van der Waals surface area contributed by atoms with Gasteiger partial charge < -0.3 is 14.4 Å². The van der Waals surface area contributed by atoms with Gasteiger partial charge in [0.15, 0.2) is 11.5 Å². The average Bonchev–Trinajstić information content (AvgIpc) is 3.14. The van der Waals surface area contributed by atoms with Crippen molar-refractivity contribution in [2.24, 2.45) is 11.8 Å². The van der Waals surface area contributed by atoms with E-state index in [1.165, 1.54) is 11.1 Å². The fraction of sp³-hybridized carbons (Fsp3) is 0.536. The number of rotatable bonds is 8. The Morgan fingerprint density at radius 1 is 1.18 bits per heavy atom. The van der Waals surface area contributed by atoms with Crippen LogP contribution in [0.1, 0.15) is 50.3 Å². The van der Waals surface area contributed by atoms with Gasteiger partial charge in [-0.2, -0.15) is 0 Å². The molecule has 2 heterocycles. The number of ether oxygens (including phenoxy) is 2. The number of hydrogen-bond acceptors (Lipinski definition) is 4. The van der Waals surface area contributed by atoms with Crippen molar-refractivity contribution in [2.45, 2.75) is 53.1 Å². The van der Waals surface area contributed by atoms with Gasteiger partial charge in [0.1, 0.15) is 0 Å². The molecule has 0 bridgehead atoms. The summed E-state index contributed by atoms with van der Waals surface area (Å²) in [6, 6.07) is 12.5. The zero-order valence-electron chi connectivity index (χ0n) is 20.7. The lowest BCUT2D eigenvalue weighted by atomic mass is 10.0. The number of aryl methyl sites for hydroxylation is 1. The monoisotopic (exact) mass is 484 g/mol. The van der Waals surface area contributed by atoms with Crippen molar-refractivity contribution in [1.29, 1.82) is 0 Å². The quantitative estimate of drug-likeness (QED) is 0.491. The molecule has 1 amide bonds. The summed E-state index contributed by atoms with van der Waals surface area (Å²) in [4.78, 5) is 18.1. The molecular formula is C28H37ClN2O3. The predicted octanol–water partition coefficient (Wildman–Crippen LogP) is 5.57. The van der Waals surface area contributed by atoms with E-state index in [1.54, 1.807) is 0 Å². The summed E-state index contributed by atoms with van der Waals surface area (Å²) in [7, 11) is 0. The van der Waals surface area contributed by atoms with Crippen LogP contribution in [-0.2, 0) is 24.3 Å². The highest BCUT2D eigenvalue weighted by atomic mass is 35.5. The molecule has 0 aliphatic carbocycles. The maximum Gasteiger partial charge on any atom is 0.227 e. The second kappa shape index (κ2) is 11.5. The second-order valence-corrected chi connectivity index (χ2v) is 10.3. The lowest BCUT2D eigenvalue weighted by Crippen LogP contribution is -2.39. The number of hydrogen-bond donors (Lipinski definition) is 0. The van der Waals surface area contributed by atoms with E-state index >= 15 is 0 Å². The zero-order chi connectivity index (χ0) is 24.1. The first-order valence-electron chi connectivity index (χ1n) is 12.6. The van der Waals surface area contributed by atoms with Gasteiger partial charge in [0.2, 0.25) is 5.91 Å². The van der Waals surface area contributed by atoms with Gasteiger partial charge in [-0.05, 0) is 54.1 Å². The van der Waals surface area contributed by atoms with E-state index in [4.69, 9.17) is 21.1 Å². The highest BCUT2D eigenvalue weighted by Crippen LogP contribution is 2.38. The van der Waals surface area contributed by atoms with Gasteiger partial charge in [-0.25, -0.2) is 0 Å². The maximum absolute atomic E-state index is 13.6. The molecule has 1 atom stereocenters. The second-order valence-electron chi connectivity index (χ2n) is 9.91. The van der Waals surface area contributed by atoms with Crippen molar-refractivity contribution < 1.29 is 14.3 Å². The standard InChI is InChI=1S/C28H37ClN2O3/c1-4-22-8-5-6-9-23(22)18-30-11-10-24(19-30)28(32)31(16-20(2)3)17-21-14-25(29)27-26(15-21)33-12-7-13-34-27/h5-6,8-9,14-15,20,24H,4,7,10-13,16-19H2,1-3H3. The van der Waals surface area contributed by atoms with Gasteiger partial charge >= 0.3 is 0 Å². The molecule has 0 spiro atoms. The van der Waals surface area contributed by atoms with Crippen molar-refractivity contribution in [3.05, 3.63) is 58.1 Å². The Kier molecular flexibility index (Phi) is 8.38. The molecule has 2 aliphatic rings. The fourth-order valence-electron chi connectivity index (χ4n) is 5.00. The van der Waals surface area contributed by atoms with Crippen molar-refractivity contribution in [2.75, 3.05) is 32.8 Å². The summed E-state index contributed by atoms with van der Waals surface area (Å²) in [6.45, 7) is 11.7. The number of carbonyl (C=O) groups is 1. The van der Waals surface area contributed by atoms with Gasteiger partial charge in [0.25, 0.3) is 0 Å². The first-order valence-corrected chi connectivity index (χ1v) is 13.0. The van der Waals surface area contributed by atoms with Crippen LogP contribution in [-0.4, -0.2) is 48.6 Å². The van der Waals surface area contributed by atoms with Crippen LogP contribution in [0, 0.1) is 11.8 Å². The van der Waals surface area contributed by atoms with E-state index in [-0.39, 0.29) is 11.8 Å². The minimum atomic E-state index is 0.0309. The van der Waals surface area contributed by atoms with Crippen LogP contribution in [0.15, 0.2) is 36.4 Å². The van der Waals surface area contributed by atoms with Gasteiger partial charge in [0, 0.05) is 32.6 Å². The summed E-state index contributed by atoms with van der Waals surface area (Å²) in [6.07, 6.45) is 2.77. The summed E-state index contributed by atoms with van der Waals surface area (Å²) in [5.74, 6) is 1.95. The van der Waals surface area contributed by atoms with Gasteiger partial charge in [-0.3, -0.25) is 9.69 Å². The van der Waals surface area contributed by atoms with Gasteiger partial charge in [-0.1, -0.05) is 56.6 Å². The van der Waals surface area contributed by atoms with E-state index in [1.807, 2.05) is 17.0 Å². The maximum atomic E-state index is 13.6. The zero-order valence-corrected chi connectivity index (χ0v) is 21.4. The molecule has 1 fully saturated rings. The van der Waals surface area contributed by atoms with Crippen LogP contribution in [0.3, 0.4) is 0 Å². The van der Waals surface area contributed by atoms with Crippen LogP contribution in [0.25, 0.3) is 0 Å². The third-order valence-corrected chi connectivity index (χ3v) is 6.93. The molecule has 2 aliphatic heterocycles. The number of halogens is 1. The van der Waals surface area contributed by atoms with Crippen molar-refractivity contribution >= 4 is 17.5 Å². The predicted molar refractivity (Wildman–Crippen MR) is 137 cm³/mol. The van der Waals surface area contributed by atoms with Crippen LogP contribution in [0.4, 0.5) is 0 Å². The molecule has 1 unspecified atom stereocenters. The number of benzene rings is 2. The molecule has 2 aromatic rings. The van der Waals surface area contributed by atoms with Gasteiger partial charge in [-0.15, -0.1) is 0 Å². The SMILES string of the molecule is CCc1ccccc1CN1CCC(C(=O)N(Cc2cc(Cl)c3c(c2)OCCCO3)CC(C)C)C1. The van der Waals surface area contributed by atoms with Crippen molar-refractivity contribution in [3.8, 4) is 11.5 Å². The Balaban J connectivity index is 1.45. The molecule has 2 aromatic carbocycles. The Labute approximate surface area is 209 Å². The normalized spacial score (nSPS) is 18.2. The summed E-state index contributed by atoms with van der Waals surface area (Å²) in [5.41, 5.74) is 3.75. The molecule has 0 N–H and O–H groups in total. The first-order chi connectivity index (χ1) is 16.4. The van der Waals surface area contributed by atoms with Crippen LogP contribution in [0.2, 0.25) is 5.02 Å². The molecular weight excluding hydrogens is 448 g/mol. The number of carbonyl (C=O) groups excluding carboxylic acids is 1. The number of likely N-dealkylation sites (tertiary alicyclic amines) is 1. The smallest absolute Gasteiger partial charge is 0.227 e. The van der Waals surface area contributed by atoms with Crippen LogP contribution < -0.4 is 9.47 Å². The minimum absolute atomic E-state index is 0.0309. The van der Waals surface area contributed by atoms with Crippen LogP contribution >= 0.6 is 11.6 Å². The number of fused-ring (bicyclic) bond motifs is 1. The van der Waals surface area contributed by atoms with E-state index in [9.17, 15) is 4.79 Å². The number of amides is 1. The summed E-state index contributed by atoms with van der Waals surface area (Å²) >= 11 is 6.52. The fourth-order valence-corrected chi connectivity index (χ4v) is 5.29. The molecule has 0 aromatic heterocycles. The lowest BCUT2D eigenvalue weighted by molar-refractivity contribution is -0.136. The molecule has 0 saturated carbocycles. The number of nitrogens with zero attached hydrogens (tertiary/aromatic N) is 2. The van der Waals surface area contributed by atoms with E-state index in [0.717, 1.165) is 51.0 Å². The molecule has 0 radical (unpaired) electrons. The van der Waals surface area contributed by atoms with E-state index in [2.05, 4.69) is 49.9 Å². The minimum Gasteiger partial charge on any atom is -0.489 e. The largest absolute Gasteiger partial charge is 0.489 e. The first kappa shape index (κ1) is 24.9. The topological polar surface area (TPSA) is 42.0 Å². The average molecular weight is 485 g/mol. The summed E-state index contributed by atoms with van der Waals surface area (Å²) in [5, 5.41) is 0.549. The Morgan fingerprint density at radius 2 is 1.94 bits per heavy atom. The third kappa shape index (κ3) is 6.05. The van der Waals surface area contributed by atoms with Crippen molar-refractivity contribution in [3.63, 3.8) is 0 Å². The molecule has 5 nitrogen and oxygen atoms in total. The molecule has 4 rings (SSSR count). The van der Waals surface area contributed by atoms with E-state index < -0.39 is 0 Å². The Hall–Kier alpha value is -2.24. The van der Waals surface area contributed by atoms with Gasteiger partial charge in [0.05, 0.1) is 24.2 Å². The summed E-state index contributed by atoms with van der Waals surface area (Å²) < 4.78 is 11.6. The Morgan fingerprint density at radius 3 is 2.71 bits per heavy atom. The highest BCUT2D eigenvalue weighted by molar-refractivity contribution is 6.32. The van der Waals surface area contributed by atoms with E-state index in [0.29, 0.717) is 42.2 Å². The lowest BCUT2D eigenvalue weighted by Gasteiger charge is -2.28. The highest BCUT2D eigenvalue weighted by Gasteiger charge is 2.32. The third-order valence-electron chi connectivity index (χ3n) is 6.65. The van der Waals surface area contributed by atoms with Crippen molar-refractivity contribution in [1.82, 2.24) is 9.80 Å².